The Balaban J connectivity index is 1.52. The van der Waals surface area contributed by atoms with E-state index in [0.717, 1.165) is 19.5 Å². The van der Waals surface area contributed by atoms with Gasteiger partial charge in [-0.2, -0.15) is 0 Å². The van der Waals surface area contributed by atoms with Gasteiger partial charge in [0.25, 0.3) is 5.91 Å². The molecule has 1 aromatic heterocycles. The summed E-state index contributed by atoms with van der Waals surface area (Å²) in [4.78, 5) is 31.0. The van der Waals surface area contributed by atoms with Crippen molar-refractivity contribution < 1.29 is 9.59 Å². The van der Waals surface area contributed by atoms with Gasteiger partial charge in [-0.3, -0.25) is 14.5 Å². The van der Waals surface area contributed by atoms with E-state index in [4.69, 9.17) is 0 Å². The van der Waals surface area contributed by atoms with Crippen LogP contribution in [0.15, 0.2) is 43.0 Å². The van der Waals surface area contributed by atoms with Gasteiger partial charge >= 0.3 is 0 Å². The topological polar surface area (TPSA) is 79.3 Å². The Hall–Kier alpha value is -2.67. The van der Waals surface area contributed by atoms with Gasteiger partial charge in [0, 0.05) is 61.8 Å². The number of carbonyl (C=O) groups excluding carboxylic acids is 2. The zero-order chi connectivity index (χ0) is 19.2. The number of aromatic nitrogens is 2. The first-order valence-corrected chi connectivity index (χ1v) is 9.42. The van der Waals surface area contributed by atoms with Crippen LogP contribution in [-0.4, -0.2) is 51.4 Å². The maximum absolute atomic E-state index is 12.5. The predicted octanol–water partition coefficient (Wildman–Crippen LogP) is 2.12. The van der Waals surface area contributed by atoms with E-state index >= 15 is 0 Å². The summed E-state index contributed by atoms with van der Waals surface area (Å²) in [5.41, 5.74) is 1.19. The number of nitrogens with zero attached hydrogens (tertiary/aromatic N) is 3. The van der Waals surface area contributed by atoms with E-state index in [-0.39, 0.29) is 17.9 Å². The van der Waals surface area contributed by atoms with Crippen LogP contribution < -0.4 is 10.6 Å². The Bertz CT molecular complexity index is 772. The Morgan fingerprint density at radius 3 is 2.89 bits per heavy atom. The second kappa shape index (κ2) is 8.81. The summed E-state index contributed by atoms with van der Waals surface area (Å²) in [6.45, 7) is 6.80. The molecular weight excluding hydrogens is 342 g/mol. The van der Waals surface area contributed by atoms with Gasteiger partial charge in [-0.1, -0.05) is 6.07 Å². The molecule has 2 amide bonds. The summed E-state index contributed by atoms with van der Waals surface area (Å²) >= 11 is 0. The lowest BCUT2D eigenvalue weighted by molar-refractivity contribution is -0.116. The largest absolute Gasteiger partial charge is 0.348 e. The minimum atomic E-state index is -0.0971. The van der Waals surface area contributed by atoms with Gasteiger partial charge in [0.1, 0.15) is 0 Å². The third-order valence-electron chi connectivity index (χ3n) is 4.85. The van der Waals surface area contributed by atoms with E-state index in [1.807, 2.05) is 10.8 Å². The van der Waals surface area contributed by atoms with Crippen molar-refractivity contribution in [2.45, 2.75) is 45.3 Å². The highest BCUT2D eigenvalue weighted by Crippen LogP contribution is 2.15. The number of benzene rings is 1. The molecule has 144 valence electrons. The van der Waals surface area contributed by atoms with Gasteiger partial charge in [-0.15, -0.1) is 0 Å². The minimum absolute atomic E-state index is 0.0929. The van der Waals surface area contributed by atoms with Crippen molar-refractivity contribution in [1.82, 2.24) is 19.8 Å². The molecule has 2 N–H and O–H groups in total. The van der Waals surface area contributed by atoms with Crippen molar-refractivity contribution in [1.29, 1.82) is 0 Å². The van der Waals surface area contributed by atoms with Crippen LogP contribution in [0.3, 0.4) is 0 Å². The number of hydrogen-bond acceptors (Lipinski definition) is 4. The van der Waals surface area contributed by atoms with Crippen molar-refractivity contribution in [2.24, 2.45) is 0 Å². The van der Waals surface area contributed by atoms with E-state index in [1.54, 1.807) is 36.8 Å². The molecule has 0 radical (unpaired) electrons. The van der Waals surface area contributed by atoms with Crippen molar-refractivity contribution in [3.63, 3.8) is 0 Å². The quantitative estimate of drug-likeness (QED) is 0.784. The third kappa shape index (κ3) is 5.40. The first-order valence-electron chi connectivity index (χ1n) is 9.42. The highest BCUT2D eigenvalue weighted by Gasteiger charge is 2.25. The predicted molar refractivity (Wildman–Crippen MR) is 104 cm³/mol. The van der Waals surface area contributed by atoms with Crippen molar-refractivity contribution in [2.75, 3.05) is 18.4 Å². The number of imidazole rings is 1. The van der Waals surface area contributed by atoms with Crippen molar-refractivity contribution in [3.8, 4) is 0 Å². The fourth-order valence-corrected chi connectivity index (χ4v) is 3.25. The Labute approximate surface area is 159 Å². The van der Waals surface area contributed by atoms with Gasteiger partial charge in [0.2, 0.25) is 5.91 Å². The number of aryl methyl sites for hydroxylation is 1. The molecule has 1 saturated heterocycles. The lowest BCUT2D eigenvalue weighted by Crippen LogP contribution is -2.38. The molecule has 1 atom stereocenters. The van der Waals surface area contributed by atoms with E-state index in [2.05, 4.69) is 34.4 Å². The zero-order valence-electron chi connectivity index (χ0n) is 15.9. The number of anilines is 1. The van der Waals surface area contributed by atoms with Crippen LogP contribution in [0.25, 0.3) is 0 Å². The lowest BCUT2D eigenvalue weighted by atomic mass is 10.1. The number of rotatable bonds is 7. The second-order valence-electron chi connectivity index (χ2n) is 7.23. The average molecular weight is 369 g/mol. The van der Waals surface area contributed by atoms with Crippen LogP contribution in [0.2, 0.25) is 0 Å². The summed E-state index contributed by atoms with van der Waals surface area (Å²) in [5.74, 6) is -0.190. The molecule has 2 aromatic rings. The molecule has 1 aliphatic rings. The van der Waals surface area contributed by atoms with Crippen LogP contribution in [-0.2, 0) is 11.3 Å². The summed E-state index contributed by atoms with van der Waals surface area (Å²) in [5, 5.41) is 5.96. The number of nitrogens with one attached hydrogen (secondary N) is 2. The molecule has 3 rings (SSSR count). The van der Waals surface area contributed by atoms with Crippen LogP contribution >= 0.6 is 0 Å². The van der Waals surface area contributed by atoms with E-state index in [9.17, 15) is 9.59 Å². The first-order chi connectivity index (χ1) is 13.0. The maximum Gasteiger partial charge on any atom is 0.251 e. The number of hydrogen-bond donors (Lipinski definition) is 2. The molecule has 2 heterocycles. The second-order valence-corrected chi connectivity index (χ2v) is 7.23. The van der Waals surface area contributed by atoms with E-state index in [1.165, 1.54) is 0 Å². The highest BCUT2D eigenvalue weighted by atomic mass is 16.2. The maximum atomic E-state index is 12.5. The molecule has 7 heteroatoms. The van der Waals surface area contributed by atoms with Crippen molar-refractivity contribution >= 4 is 17.5 Å². The van der Waals surface area contributed by atoms with Gasteiger partial charge < -0.3 is 15.2 Å². The molecule has 0 bridgehead atoms. The third-order valence-corrected chi connectivity index (χ3v) is 4.85. The molecule has 1 fully saturated rings. The molecule has 1 aromatic carbocycles. The molecule has 7 nitrogen and oxygen atoms in total. The monoisotopic (exact) mass is 369 g/mol. The Kier molecular flexibility index (Phi) is 6.24. The molecule has 0 spiro atoms. The van der Waals surface area contributed by atoms with Gasteiger partial charge in [-0.05, 0) is 38.5 Å². The Morgan fingerprint density at radius 1 is 1.33 bits per heavy atom. The summed E-state index contributed by atoms with van der Waals surface area (Å²) in [6.07, 6.45) is 6.50. The Morgan fingerprint density at radius 2 is 2.19 bits per heavy atom. The zero-order valence-corrected chi connectivity index (χ0v) is 15.9. The normalized spacial score (nSPS) is 17.2. The number of amides is 2. The summed E-state index contributed by atoms with van der Waals surface area (Å²) < 4.78 is 1.85. The molecule has 1 unspecified atom stereocenters. The molecule has 1 aliphatic heterocycles. The average Bonchev–Trinajstić information content (AvgIpc) is 3.32. The van der Waals surface area contributed by atoms with E-state index < -0.39 is 0 Å². The molecule has 0 saturated carbocycles. The smallest absolute Gasteiger partial charge is 0.251 e. The van der Waals surface area contributed by atoms with Crippen LogP contribution in [0.5, 0.6) is 0 Å². The molecule has 0 aliphatic carbocycles. The van der Waals surface area contributed by atoms with Gasteiger partial charge in [0.15, 0.2) is 0 Å². The SMILES string of the molecule is CC(C)N1CCC(NC(=O)c2cccc(NC(=O)CCn3ccnc3)c2)C1. The standard InChI is InChI=1S/C20H27N5O2/c1-15(2)25-10-6-18(13-25)23-20(27)16-4-3-5-17(12-16)22-19(26)7-9-24-11-8-21-14-24/h3-5,8,11-12,14-15,18H,6-7,9-10,13H2,1-2H3,(H,22,26)(H,23,27). The highest BCUT2D eigenvalue weighted by molar-refractivity contribution is 5.97. The fourth-order valence-electron chi connectivity index (χ4n) is 3.25. The summed E-state index contributed by atoms with van der Waals surface area (Å²) in [6, 6.07) is 7.74. The van der Waals surface area contributed by atoms with Crippen LogP contribution in [0.4, 0.5) is 5.69 Å². The lowest BCUT2D eigenvalue weighted by Gasteiger charge is -2.20. The first kappa shape index (κ1) is 19.1. The molecular formula is C20H27N5O2. The number of likely N-dealkylation sites (tertiary alicyclic amines) is 1. The van der Waals surface area contributed by atoms with Crippen LogP contribution in [0, 0.1) is 0 Å². The molecule has 27 heavy (non-hydrogen) atoms. The van der Waals surface area contributed by atoms with Crippen molar-refractivity contribution in [3.05, 3.63) is 48.5 Å². The fraction of sp³-hybridized carbons (Fsp3) is 0.450. The number of carbonyl (C=O) groups is 2. The van der Waals surface area contributed by atoms with E-state index in [0.29, 0.717) is 30.3 Å². The van der Waals surface area contributed by atoms with Crippen LogP contribution in [0.1, 0.15) is 37.0 Å². The van der Waals surface area contributed by atoms with Gasteiger partial charge in [0.05, 0.1) is 6.33 Å². The van der Waals surface area contributed by atoms with Gasteiger partial charge in [-0.25, -0.2) is 4.98 Å². The summed E-state index contributed by atoms with van der Waals surface area (Å²) in [7, 11) is 0. The minimum Gasteiger partial charge on any atom is -0.348 e.